The summed E-state index contributed by atoms with van der Waals surface area (Å²) in [7, 11) is 0. The van der Waals surface area contributed by atoms with Crippen LogP contribution in [-0.2, 0) is 9.53 Å². The third kappa shape index (κ3) is 4.87. The lowest BCUT2D eigenvalue weighted by Gasteiger charge is -2.41. The van der Waals surface area contributed by atoms with Gasteiger partial charge in [-0.3, -0.25) is 10.1 Å². The number of carbonyl (C=O) groups excluding carboxylic acids is 1. The van der Waals surface area contributed by atoms with Gasteiger partial charge in [-0.1, -0.05) is 30.3 Å². The number of carbonyl (C=O) groups is 2. The Morgan fingerprint density at radius 2 is 1.84 bits per heavy atom. The Morgan fingerprint density at radius 3 is 2.49 bits per heavy atom. The molecule has 9 heteroatoms. The summed E-state index contributed by atoms with van der Waals surface area (Å²) in [6.07, 6.45) is 4.81. The van der Waals surface area contributed by atoms with E-state index in [-0.39, 0.29) is 17.4 Å². The number of nitrogens with zero attached hydrogens (tertiary/aromatic N) is 4. The van der Waals surface area contributed by atoms with E-state index >= 15 is 0 Å². The van der Waals surface area contributed by atoms with Crippen molar-refractivity contribution in [1.82, 2.24) is 9.78 Å². The van der Waals surface area contributed by atoms with Gasteiger partial charge in [-0.05, 0) is 68.9 Å². The number of benzene rings is 2. The van der Waals surface area contributed by atoms with Crippen LogP contribution in [-0.4, -0.2) is 39.5 Å². The zero-order chi connectivity index (χ0) is 26.0. The molecule has 9 nitrogen and oxygen atoms in total. The second kappa shape index (κ2) is 9.97. The normalized spacial score (nSPS) is 18.9. The third-order valence-corrected chi connectivity index (χ3v) is 7.41. The molecular formula is C28H29N5O4. The minimum Gasteiger partial charge on any atom is -0.481 e. The second-order valence-electron chi connectivity index (χ2n) is 9.71. The summed E-state index contributed by atoms with van der Waals surface area (Å²) < 4.78 is 6.97. The lowest BCUT2D eigenvalue weighted by Crippen LogP contribution is -2.48. The standard InChI is InChI=1S/C28H29N5O4/c1-19(20-7-3-2-4-8-20)37-27(36)30-25-21(17-29)18-33(31-25)23-12-10-22(11-13-23)32-16-6-5-9-24(32)28(14-15-28)26(34)35/h2-4,7-8,10-13,18-19,24H,5-6,9,14-16H2,1H3,(H,34,35)(H,30,31,36). The molecule has 2 fully saturated rings. The number of hydrogen-bond donors (Lipinski definition) is 2. The number of hydrogen-bond acceptors (Lipinski definition) is 6. The van der Waals surface area contributed by atoms with Gasteiger partial charge in [0, 0.05) is 18.3 Å². The van der Waals surface area contributed by atoms with Crippen LogP contribution in [0, 0.1) is 16.7 Å². The maximum atomic E-state index is 12.5. The van der Waals surface area contributed by atoms with Crippen molar-refractivity contribution >= 4 is 23.6 Å². The van der Waals surface area contributed by atoms with Crippen LogP contribution in [0.15, 0.2) is 60.8 Å². The second-order valence-corrected chi connectivity index (χ2v) is 9.71. The van der Waals surface area contributed by atoms with E-state index in [1.54, 1.807) is 13.1 Å². The van der Waals surface area contributed by atoms with Crippen molar-refractivity contribution in [2.45, 2.75) is 51.2 Å². The number of nitriles is 1. The first-order valence-electron chi connectivity index (χ1n) is 12.5. The summed E-state index contributed by atoms with van der Waals surface area (Å²) in [5.74, 6) is -0.580. The highest BCUT2D eigenvalue weighted by atomic mass is 16.6. The highest BCUT2D eigenvalue weighted by molar-refractivity contribution is 5.85. The lowest BCUT2D eigenvalue weighted by molar-refractivity contribution is -0.144. The van der Waals surface area contributed by atoms with Crippen LogP contribution in [0.5, 0.6) is 0 Å². The van der Waals surface area contributed by atoms with E-state index in [0.29, 0.717) is 5.69 Å². The Labute approximate surface area is 215 Å². The molecule has 2 unspecified atom stereocenters. The molecule has 2 atom stereocenters. The van der Waals surface area contributed by atoms with E-state index in [1.165, 1.54) is 4.68 Å². The van der Waals surface area contributed by atoms with Gasteiger partial charge in [0.1, 0.15) is 17.7 Å². The zero-order valence-corrected chi connectivity index (χ0v) is 20.6. The lowest BCUT2D eigenvalue weighted by atomic mass is 9.87. The minimum absolute atomic E-state index is 0.000382. The van der Waals surface area contributed by atoms with Gasteiger partial charge in [0.05, 0.1) is 17.3 Å². The number of ether oxygens (including phenoxy) is 1. The maximum Gasteiger partial charge on any atom is 0.413 e. The molecule has 0 radical (unpaired) electrons. The van der Waals surface area contributed by atoms with Crippen LogP contribution in [0.4, 0.5) is 16.3 Å². The Morgan fingerprint density at radius 1 is 1.14 bits per heavy atom. The molecule has 1 saturated carbocycles. The summed E-state index contributed by atoms with van der Waals surface area (Å²) in [6.45, 7) is 2.60. The number of carboxylic acids is 1. The molecule has 1 amide bonds. The van der Waals surface area contributed by atoms with Crippen LogP contribution in [0.25, 0.3) is 5.69 Å². The molecule has 0 spiro atoms. The largest absolute Gasteiger partial charge is 0.481 e. The predicted molar refractivity (Wildman–Crippen MR) is 138 cm³/mol. The average Bonchev–Trinajstić information content (AvgIpc) is 3.64. The van der Waals surface area contributed by atoms with Crippen LogP contribution in [0.3, 0.4) is 0 Å². The molecule has 1 aromatic heterocycles. The number of aliphatic carboxylic acids is 1. The topological polar surface area (TPSA) is 120 Å². The minimum atomic E-state index is -0.697. The summed E-state index contributed by atoms with van der Waals surface area (Å²) in [6, 6.07) is 19.1. The molecule has 1 saturated heterocycles. The number of carboxylic acid groups (broad SMARTS) is 1. The van der Waals surface area contributed by atoms with Crippen molar-refractivity contribution in [3.8, 4) is 11.8 Å². The quantitative estimate of drug-likeness (QED) is 0.454. The molecule has 1 aliphatic heterocycles. The van der Waals surface area contributed by atoms with Crippen molar-refractivity contribution in [2.24, 2.45) is 5.41 Å². The smallest absolute Gasteiger partial charge is 0.413 e. The number of anilines is 2. The van der Waals surface area contributed by atoms with Gasteiger partial charge in [-0.15, -0.1) is 5.10 Å². The van der Waals surface area contributed by atoms with Crippen LogP contribution in [0.1, 0.15) is 56.3 Å². The van der Waals surface area contributed by atoms with Gasteiger partial charge in [0.15, 0.2) is 5.82 Å². The van der Waals surface area contributed by atoms with Gasteiger partial charge in [-0.25, -0.2) is 9.48 Å². The highest BCUT2D eigenvalue weighted by Crippen LogP contribution is 2.53. The summed E-state index contributed by atoms with van der Waals surface area (Å²) in [4.78, 5) is 26.7. The summed E-state index contributed by atoms with van der Waals surface area (Å²) in [5.41, 5.74) is 2.13. The summed E-state index contributed by atoms with van der Waals surface area (Å²) in [5, 5.41) is 26.4. The van der Waals surface area contributed by atoms with E-state index in [0.717, 1.165) is 49.9 Å². The third-order valence-electron chi connectivity index (χ3n) is 7.41. The Bertz CT molecular complexity index is 1320. The van der Waals surface area contributed by atoms with Crippen molar-refractivity contribution in [3.63, 3.8) is 0 Å². The van der Waals surface area contributed by atoms with Crippen molar-refractivity contribution in [2.75, 3.05) is 16.8 Å². The van der Waals surface area contributed by atoms with E-state index in [1.807, 2.05) is 54.6 Å². The van der Waals surface area contributed by atoms with Crippen molar-refractivity contribution in [3.05, 3.63) is 71.9 Å². The van der Waals surface area contributed by atoms with Gasteiger partial charge < -0.3 is 14.7 Å². The Kier molecular flexibility index (Phi) is 6.57. The molecule has 1 aliphatic carbocycles. The molecule has 37 heavy (non-hydrogen) atoms. The summed E-state index contributed by atoms with van der Waals surface area (Å²) >= 11 is 0. The zero-order valence-electron chi connectivity index (χ0n) is 20.6. The SMILES string of the molecule is CC(OC(=O)Nc1nn(-c2ccc(N3CCCCC3C3(C(=O)O)CC3)cc2)cc1C#N)c1ccccc1. The van der Waals surface area contributed by atoms with E-state index in [2.05, 4.69) is 21.4 Å². The van der Waals surface area contributed by atoms with Gasteiger partial charge in [-0.2, -0.15) is 5.26 Å². The molecule has 5 rings (SSSR count). The van der Waals surface area contributed by atoms with Gasteiger partial charge in [0.2, 0.25) is 0 Å². The molecule has 2 heterocycles. The Balaban J connectivity index is 1.30. The number of piperidine rings is 1. The number of nitrogens with one attached hydrogen (secondary N) is 1. The fraction of sp³-hybridized carbons (Fsp3) is 0.357. The van der Waals surface area contributed by atoms with Gasteiger partial charge in [0.25, 0.3) is 0 Å². The van der Waals surface area contributed by atoms with Crippen LogP contribution in [0.2, 0.25) is 0 Å². The molecule has 2 aromatic carbocycles. The number of rotatable bonds is 7. The maximum absolute atomic E-state index is 12.5. The van der Waals surface area contributed by atoms with E-state index < -0.39 is 23.6 Å². The van der Waals surface area contributed by atoms with Crippen LogP contribution < -0.4 is 10.2 Å². The van der Waals surface area contributed by atoms with Gasteiger partial charge >= 0.3 is 12.1 Å². The van der Waals surface area contributed by atoms with E-state index in [9.17, 15) is 20.0 Å². The highest BCUT2D eigenvalue weighted by Gasteiger charge is 2.58. The van der Waals surface area contributed by atoms with E-state index in [4.69, 9.17) is 4.74 Å². The Hall–Kier alpha value is -4.32. The number of amides is 1. The number of aromatic nitrogens is 2. The first-order valence-corrected chi connectivity index (χ1v) is 12.5. The molecule has 2 N–H and O–H groups in total. The molecule has 3 aromatic rings. The first kappa shape index (κ1) is 24.4. The van der Waals surface area contributed by atoms with Crippen molar-refractivity contribution < 1.29 is 19.4 Å². The molecule has 190 valence electrons. The monoisotopic (exact) mass is 499 g/mol. The molecular weight excluding hydrogens is 470 g/mol. The van der Waals surface area contributed by atoms with Crippen LogP contribution >= 0.6 is 0 Å². The first-order chi connectivity index (χ1) is 17.9. The van der Waals surface area contributed by atoms with Crippen molar-refractivity contribution in [1.29, 1.82) is 5.26 Å². The fourth-order valence-corrected chi connectivity index (χ4v) is 5.20. The average molecular weight is 500 g/mol. The molecule has 0 bridgehead atoms. The predicted octanol–water partition coefficient (Wildman–Crippen LogP) is 5.28. The molecule has 2 aliphatic rings. The fourth-order valence-electron chi connectivity index (χ4n) is 5.20.